The zero-order valence-corrected chi connectivity index (χ0v) is 18.2. The lowest BCUT2D eigenvalue weighted by atomic mass is 10.0. The van der Waals surface area contributed by atoms with Crippen LogP contribution in [0.4, 0.5) is 5.82 Å². The third-order valence-corrected chi connectivity index (χ3v) is 4.96. The molecular weight excluding hydrogens is 432 g/mol. The number of carbonyl (C=O) groups is 2. The van der Waals surface area contributed by atoms with Gasteiger partial charge in [-0.05, 0) is 17.5 Å². The lowest BCUT2D eigenvalue weighted by Crippen LogP contribution is -2.19. The minimum atomic E-state index is -0.582. The number of hydroxylamine groups is 1. The molecule has 2 heterocycles. The standard InChI is InChI=1S/C21H26N6O6/c1-32-10-11-33-20-24-18(22)17-19(25-20)27(21(30)23-17)12-14-4-2-13(3-5-14)6-7-15(28)8-9-16(29)26-31/h2-5,31H,6-12H2,1H3,(H,23,30)(H,26,29)(H2,22,24,25). The molecule has 12 nitrogen and oxygen atoms in total. The van der Waals surface area contributed by atoms with E-state index in [2.05, 4.69) is 15.0 Å². The van der Waals surface area contributed by atoms with Crippen LogP contribution in [0.5, 0.6) is 6.01 Å². The van der Waals surface area contributed by atoms with E-state index in [1.165, 1.54) is 10.0 Å². The molecule has 0 fully saturated rings. The van der Waals surface area contributed by atoms with Crippen molar-refractivity contribution < 1.29 is 24.3 Å². The highest BCUT2D eigenvalue weighted by molar-refractivity contribution is 5.84. The van der Waals surface area contributed by atoms with Crippen molar-refractivity contribution in [2.75, 3.05) is 26.1 Å². The lowest BCUT2D eigenvalue weighted by Gasteiger charge is -2.08. The van der Waals surface area contributed by atoms with Gasteiger partial charge < -0.3 is 20.2 Å². The number of Topliss-reactive ketones (excluding diaryl/α,β-unsaturated/α-hetero) is 1. The number of anilines is 1. The summed E-state index contributed by atoms with van der Waals surface area (Å²) in [5.41, 5.74) is 9.56. The summed E-state index contributed by atoms with van der Waals surface area (Å²) in [6.07, 6.45) is 0.859. The molecule has 3 rings (SSSR count). The number of rotatable bonds is 12. The van der Waals surface area contributed by atoms with E-state index in [1.54, 1.807) is 7.11 Å². The molecule has 2 aromatic heterocycles. The molecule has 0 aliphatic carbocycles. The molecule has 33 heavy (non-hydrogen) atoms. The number of aromatic amines is 1. The fraction of sp³-hybridized carbons (Fsp3) is 0.381. The van der Waals surface area contributed by atoms with Crippen molar-refractivity contribution in [1.29, 1.82) is 0 Å². The van der Waals surface area contributed by atoms with Gasteiger partial charge in [0.2, 0.25) is 5.91 Å². The summed E-state index contributed by atoms with van der Waals surface area (Å²) in [6.45, 7) is 0.855. The van der Waals surface area contributed by atoms with Crippen LogP contribution in [0.2, 0.25) is 0 Å². The number of H-pyrrole nitrogens is 1. The molecule has 0 atom stereocenters. The van der Waals surface area contributed by atoms with E-state index in [1.807, 2.05) is 24.3 Å². The second-order valence-corrected chi connectivity index (χ2v) is 7.34. The Morgan fingerprint density at radius 2 is 1.85 bits per heavy atom. The van der Waals surface area contributed by atoms with Crippen LogP contribution < -0.4 is 21.6 Å². The van der Waals surface area contributed by atoms with Crippen LogP contribution in [0.25, 0.3) is 11.2 Å². The molecule has 0 radical (unpaired) electrons. The van der Waals surface area contributed by atoms with Crippen LogP contribution >= 0.6 is 0 Å². The first-order chi connectivity index (χ1) is 15.9. The zero-order valence-electron chi connectivity index (χ0n) is 18.2. The summed E-state index contributed by atoms with van der Waals surface area (Å²) in [5, 5.41) is 8.46. The number of hydrogen-bond acceptors (Lipinski definition) is 9. The molecular formula is C21H26N6O6. The average molecular weight is 458 g/mol. The first kappa shape index (κ1) is 23.9. The Morgan fingerprint density at radius 1 is 1.12 bits per heavy atom. The number of amides is 1. The van der Waals surface area contributed by atoms with Crippen molar-refractivity contribution in [1.82, 2.24) is 25.0 Å². The monoisotopic (exact) mass is 458 g/mol. The summed E-state index contributed by atoms with van der Waals surface area (Å²) in [7, 11) is 1.55. The Balaban J connectivity index is 1.67. The number of ketones is 1. The fourth-order valence-electron chi connectivity index (χ4n) is 3.17. The zero-order chi connectivity index (χ0) is 23.8. The number of nitrogens with two attached hydrogens (primary N) is 1. The molecule has 0 unspecified atom stereocenters. The van der Waals surface area contributed by atoms with Gasteiger partial charge in [0.25, 0.3) is 0 Å². The Kier molecular flexibility index (Phi) is 8.11. The summed E-state index contributed by atoms with van der Waals surface area (Å²) in [5.74, 6) is -0.533. The van der Waals surface area contributed by atoms with Crippen LogP contribution in [0.15, 0.2) is 29.1 Å². The molecule has 12 heteroatoms. The van der Waals surface area contributed by atoms with Crippen molar-refractivity contribution in [3.63, 3.8) is 0 Å². The minimum absolute atomic E-state index is 0.0408. The number of aryl methyl sites for hydroxylation is 1. The van der Waals surface area contributed by atoms with Crippen molar-refractivity contribution in [2.24, 2.45) is 0 Å². The summed E-state index contributed by atoms with van der Waals surface area (Å²) in [6, 6.07) is 7.55. The fourth-order valence-corrected chi connectivity index (χ4v) is 3.17. The number of hydrogen-bond donors (Lipinski definition) is 4. The van der Waals surface area contributed by atoms with Gasteiger partial charge in [-0.3, -0.25) is 19.4 Å². The third kappa shape index (κ3) is 6.37. The van der Waals surface area contributed by atoms with Gasteiger partial charge in [0, 0.05) is 26.4 Å². The van der Waals surface area contributed by atoms with Crippen LogP contribution in [-0.2, 0) is 27.3 Å². The summed E-state index contributed by atoms with van der Waals surface area (Å²) in [4.78, 5) is 46.4. The molecule has 0 aliphatic heterocycles. The van der Waals surface area contributed by atoms with Gasteiger partial charge in [-0.15, -0.1) is 0 Å². The SMILES string of the molecule is COCCOc1nc(N)c2[nH]c(=O)n(Cc3ccc(CCC(=O)CCC(=O)NO)cc3)c2n1. The summed E-state index contributed by atoms with van der Waals surface area (Å²) >= 11 is 0. The number of carbonyl (C=O) groups excluding carboxylic acids is 2. The maximum atomic E-state index is 12.5. The molecule has 0 aliphatic rings. The Hall–Kier alpha value is -3.77. The lowest BCUT2D eigenvalue weighted by molar-refractivity contribution is -0.131. The van der Waals surface area contributed by atoms with Gasteiger partial charge in [-0.2, -0.15) is 9.97 Å². The second kappa shape index (κ2) is 11.2. The highest BCUT2D eigenvalue weighted by Gasteiger charge is 2.15. The number of nitrogens with zero attached hydrogens (tertiary/aromatic N) is 3. The quantitative estimate of drug-likeness (QED) is 0.172. The van der Waals surface area contributed by atoms with E-state index in [9.17, 15) is 14.4 Å². The molecule has 0 saturated heterocycles. The number of aromatic nitrogens is 4. The maximum Gasteiger partial charge on any atom is 0.328 e. The van der Waals surface area contributed by atoms with E-state index in [-0.39, 0.29) is 49.3 Å². The number of imidazole rings is 1. The van der Waals surface area contributed by atoms with Gasteiger partial charge in [-0.25, -0.2) is 10.3 Å². The molecule has 0 bridgehead atoms. The van der Waals surface area contributed by atoms with Crippen molar-refractivity contribution in [2.45, 2.75) is 32.2 Å². The highest BCUT2D eigenvalue weighted by atomic mass is 16.5. The maximum absolute atomic E-state index is 12.5. The number of fused-ring (bicyclic) bond motifs is 1. The van der Waals surface area contributed by atoms with Gasteiger partial charge in [0.15, 0.2) is 11.5 Å². The molecule has 1 aromatic carbocycles. The second-order valence-electron chi connectivity index (χ2n) is 7.34. The third-order valence-electron chi connectivity index (χ3n) is 4.96. The van der Waals surface area contributed by atoms with Crippen molar-refractivity contribution in [3.05, 3.63) is 45.9 Å². The highest BCUT2D eigenvalue weighted by Crippen LogP contribution is 2.19. The smallest absolute Gasteiger partial charge is 0.328 e. The van der Waals surface area contributed by atoms with E-state index in [0.29, 0.717) is 30.6 Å². The molecule has 3 aromatic rings. The van der Waals surface area contributed by atoms with E-state index < -0.39 is 5.91 Å². The topological polar surface area (TPSA) is 174 Å². The number of benzene rings is 1. The summed E-state index contributed by atoms with van der Waals surface area (Å²) < 4.78 is 11.8. The number of methoxy groups -OCH3 is 1. The van der Waals surface area contributed by atoms with Crippen molar-refractivity contribution >= 4 is 28.7 Å². The largest absolute Gasteiger partial charge is 0.461 e. The molecule has 176 valence electrons. The minimum Gasteiger partial charge on any atom is -0.461 e. The molecule has 1 amide bonds. The Morgan fingerprint density at radius 3 is 2.55 bits per heavy atom. The van der Waals surface area contributed by atoms with Gasteiger partial charge >= 0.3 is 11.7 Å². The molecule has 0 spiro atoms. The first-order valence-corrected chi connectivity index (χ1v) is 10.3. The van der Waals surface area contributed by atoms with E-state index >= 15 is 0 Å². The normalized spacial score (nSPS) is 11.0. The van der Waals surface area contributed by atoms with Crippen molar-refractivity contribution in [3.8, 4) is 6.01 Å². The van der Waals surface area contributed by atoms with Gasteiger partial charge in [0.05, 0.1) is 13.2 Å². The number of nitrogen functional groups attached to an aromatic ring is 1. The predicted octanol–water partition coefficient (Wildman–Crippen LogP) is 0.563. The van der Waals surface area contributed by atoms with Crippen LogP contribution in [0, 0.1) is 0 Å². The van der Waals surface area contributed by atoms with E-state index in [0.717, 1.165) is 11.1 Å². The van der Waals surface area contributed by atoms with Gasteiger partial charge in [0.1, 0.15) is 17.9 Å². The number of ether oxygens (including phenoxy) is 2. The predicted molar refractivity (Wildman–Crippen MR) is 118 cm³/mol. The Labute approximate surface area is 188 Å². The van der Waals surface area contributed by atoms with Crippen LogP contribution in [-0.4, -0.2) is 56.7 Å². The Bertz CT molecular complexity index is 1170. The van der Waals surface area contributed by atoms with Crippen LogP contribution in [0.1, 0.15) is 30.4 Å². The molecule has 0 saturated carbocycles. The van der Waals surface area contributed by atoms with Gasteiger partial charge in [-0.1, -0.05) is 24.3 Å². The van der Waals surface area contributed by atoms with Crippen LogP contribution in [0.3, 0.4) is 0 Å². The number of nitrogens with one attached hydrogen (secondary N) is 2. The molecule has 5 N–H and O–H groups in total. The first-order valence-electron chi connectivity index (χ1n) is 10.3. The average Bonchev–Trinajstić information content (AvgIpc) is 3.12. The van der Waals surface area contributed by atoms with E-state index in [4.69, 9.17) is 20.4 Å².